The second-order valence-electron chi connectivity index (χ2n) is 4.66. The van der Waals surface area contributed by atoms with Gasteiger partial charge in [-0.25, -0.2) is 0 Å². The zero-order valence-electron chi connectivity index (χ0n) is 13.6. The van der Waals surface area contributed by atoms with Crippen LogP contribution in [-0.4, -0.2) is 33.6 Å². The summed E-state index contributed by atoms with van der Waals surface area (Å²) < 4.78 is 44.9. The number of halogens is 1. The summed E-state index contributed by atoms with van der Waals surface area (Å²) in [4.78, 5) is -0.0889. The molecule has 0 bridgehead atoms. The Labute approximate surface area is 152 Å². The van der Waals surface area contributed by atoms with Crippen molar-refractivity contribution in [1.82, 2.24) is 0 Å². The van der Waals surface area contributed by atoms with Crippen LogP contribution in [0.1, 0.15) is 6.92 Å². The molecule has 0 aliphatic carbocycles. The van der Waals surface area contributed by atoms with Crippen LogP contribution in [0.2, 0.25) is 0 Å². The fraction of sp³-hybridized carbons (Fsp3) is 0.235. The van der Waals surface area contributed by atoms with Crippen LogP contribution in [0.5, 0.6) is 11.5 Å². The fourth-order valence-electron chi connectivity index (χ4n) is 1.87. The Balaban J connectivity index is 2.34. The highest BCUT2D eigenvalue weighted by atomic mass is 35.5. The van der Waals surface area contributed by atoms with E-state index in [9.17, 15) is 8.42 Å². The monoisotopic (exact) mass is 383 g/mol. The molecule has 0 aliphatic rings. The SMILES string of the molecule is CCOC(=NS(=O)(=O)c1ccccc1OCCCl)Oc1ccccc1. The highest BCUT2D eigenvalue weighted by molar-refractivity contribution is 7.90. The number of hydrogen-bond donors (Lipinski definition) is 0. The molecule has 0 aromatic heterocycles. The van der Waals surface area contributed by atoms with Crippen molar-refractivity contribution in [3.8, 4) is 11.5 Å². The van der Waals surface area contributed by atoms with Gasteiger partial charge in [-0.15, -0.1) is 11.6 Å². The Bertz CT molecular complexity index is 809. The zero-order chi connectivity index (χ0) is 18.1. The predicted molar refractivity (Wildman–Crippen MR) is 96.0 cm³/mol. The summed E-state index contributed by atoms with van der Waals surface area (Å²) in [7, 11) is -4.09. The molecule has 2 rings (SSSR count). The average molecular weight is 384 g/mol. The summed E-state index contributed by atoms with van der Waals surface area (Å²) in [6.45, 7) is 2.08. The Kier molecular flexibility index (Phi) is 7.09. The Hall–Kier alpha value is -2.25. The second-order valence-corrected chi connectivity index (χ2v) is 6.62. The van der Waals surface area contributed by atoms with Crippen molar-refractivity contribution < 1.29 is 22.6 Å². The normalized spacial score (nSPS) is 11.8. The maximum Gasteiger partial charge on any atom is 0.405 e. The van der Waals surface area contributed by atoms with Crippen LogP contribution in [0, 0.1) is 0 Å². The number of benzene rings is 2. The maximum atomic E-state index is 12.6. The second kappa shape index (κ2) is 9.29. The van der Waals surface area contributed by atoms with Crippen molar-refractivity contribution in [3.05, 3.63) is 54.6 Å². The molecule has 0 atom stereocenters. The van der Waals surface area contributed by atoms with Crippen LogP contribution in [-0.2, 0) is 14.8 Å². The van der Waals surface area contributed by atoms with Gasteiger partial charge >= 0.3 is 6.08 Å². The van der Waals surface area contributed by atoms with E-state index in [-0.39, 0.29) is 35.8 Å². The molecule has 8 heteroatoms. The highest BCUT2D eigenvalue weighted by Crippen LogP contribution is 2.25. The summed E-state index contributed by atoms with van der Waals surface area (Å²) in [5.41, 5.74) is 0. The molecule has 6 nitrogen and oxygen atoms in total. The van der Waals surface area contributed by atoms with E-state index < -0.39 is 10.0 Å². The lowest BCUT2D eigenvalue weighted by Gasteiger charge is -2.11. The van der Waals surface area contributed by atoms with Gasteiger partial charge in [0.15, 0.2) is 0 Å². The van der Waals surface area contributed by atoms with Crippen LogP contribution in [0.3, 0.4) is 0 Å². The molecule has 0 N–H and O–H groups in total. The molecule has 2 aromatic carbocycles. The van der Waals surface area contributed by atoms with Gasteiger partial charge in [-0.05, 0) is 31.2 Å². The van der Waals surface area contributed by atoms with E-state index in [1.807, 2.05) is 6.07 Å². The Morgan fingerprint density at radius 3 is 2.44 bits per heavy atom. The van der Waals surface area contributed by atoms with Gasteiger partial charge in [-0.3, -0.25) is 0 Å². The van der Waals surface area contributed by atoms with Crippen LogP contribution in [0.25, 0.3) is 0 Å². The third kappa shape index (κ3) is 5.65. The first-order valence-corrected chi connectivity index (χ1v) is 9.52. The predicted octanol–water partition coefficient (Wildman–Crippen LogP) is 3.46. The molecule has 0 heterocycles. The van der Waals surface area contributed by atoms with Gasteiger partial charge in [0.05, 0.1) is 12.5 Å². The first kappa shape index (κ1) is 19.1. The average Bonchev–Trinajstić information content (AvgIpc) is 2.61. The summed E-state index contributed by atoms with van der Waals surface area (Å²) in [5, 5.41) is 0. The number of ether oxygens (including phenoxy) is 3. The van der Waals surface area contributed by atoms with E-state index in [0.717, 1.165) is 0 Å². The van der Waals surface area contributed by atoms with Crippen LogP contribution in [0.4, 0.5) is 0 Å². The molecule has 0 unspecified atom stereocenters. The minimum absolute atomic E-state index is 0.0889. The molecular formula is C17H18ClNO5S. The van der Waals surface area contributed by atoms with Crippen molar-refractivity contribution in [2.24, 2.45) is 4.40 Å². The van der Waals surface area contributed by atoms with Crippen molar-refractivity contribution in [1.29, 1.82) is 0 Å². The minimum Gasteiger partial charge on any atom is -0.491 e. The zero-order valence-corrected chi connectivity index (χ0v) is 15.2. The quantitative estimate of drug-likeness (QED) is 0.416. The molecular weight excluding hydrogens is 366 g/mol. The van der Waals surface area contributed by atoms with Crippen molar-refractivity contribution >= 4 is 27.7 Å². The van der Waals surface area contributed by atoms with Gasteiger partial charge in [0, 0.05) is 0 Å². The van der Waals surface area contributed by atoms with E-state index in [4.69, 9.17) is 25.8 Å². The molecule has 0 saturated carbocycles. The van der Waals surface area contributed by atoms with Gasteiger partial charge in [0.1, 0.15) is 23.0 Å². The van der Waals surface area contributed by atoms with Gasteiger partial charge in [0.2, 0.25) is 0 Å². The Morgan fingerprint density at radius 1 is 1.08 bits per heavy atom. The van der Waals surface area contributed by atoms with Crippen molar-refractivity contribution in [3.63, 3.8) is 0 Å². The fourth-order valence-corrected chi connectivity index (χ4v) is 2.96. The summed E-state index contributed by atoms with van der Waals surface area (Å²) in [6, 6.07) is 14.8. The lowest BCUT2D eigenvalue weighted by Crippen LogP contribution is -2.16. The van der Waals surface area contributed by atoms with Gasteiger partial charge < -0.3 is 14.2 Å². The molecule has 0 aliphatic heterocycles. The molecule has 0 spiro atoms. The smallest absolute Gasteiger partial charge is 0.405 e. The van der Waals surface area contributed by atoms with E-state index in [1.165, 1.54) is 12.1 Å². The summed E-state index contributed by atoms with van der Waals surface area (Å²) >= 11 is 5.59. The summed E-state index contributed by atoms with van der Waals surface area (Å²) in [5.74, 6) is 0.818. The third-order valence-electron chi connectivity index (χ3n) is 2.87. The first-order chi connectivity index (χ1) is 12.1. The third-order valence-corrected chi connectivity index (χ3v) is 4.31. The molecule has 2 aromatic rings. The lowest BCUT2D eigenvalue weighted by atomic mass is 10.3. The van der Waals surface area contributed by atoms with Crippen molar-refractivity contribution in [2.45, 2.75) is 11.8 Å². The van der Waals surface area contributed by atoms with E-state index >= 15 is 0 Å². The Morgan fingerprint density at radius 2 is 1.76 bits per heavy atom. The van der Waals surface area contributed by atoms with E-state index in [0.29, 0.717) is 5.75 Å². The van der Waals surface area contributed by atoms with Crippen LogP contribution < -0.4 is 9.47 Å². The lowest BCUT2D eigenvalue weighted by molar-refractivity contribution is 0.252. The largest absolute Gasteiger partial charge is 0.491 e. The van der Waals surface area contributed by atoms with Crippen LogP contribution in [0.15, 0.2) is 63.9 Å². The number of hydrogen-bond acceptors (Lipinski definition) is 5. The van der Waals surface area contributed by atoms with Crippen molar-refractivity contribution in [2.75, 3.05) is 19.1 Å². The molecule has 25 heavy (non-hydrogen) atoms. The molecule has 0 radical (unpaired) electrons. The maximum absolute atomic E-state index is 12.6. The molecule has 0 amide bonds. The highest BCUT2D eigenvalue weighted by Gasteiger charge is 2.21. The summed E-state index contributed by atoms with van der Waals surface area (Å²) in [6.07, 6.45) is -0.360. The number of sulfonamides is 1. The van der Waals surface area contributed by atoms with E-state index in [1.54, 1.807) is 43.3 Å². The van der Waals surface area contributed by atoms with Gasteiger partial charge in [-0.1, -0.05) is 34.7 Å². The van der Waals surface area contributed by atoms with Gasteiger partial charge in [-0.2, -0.15) is 8.42 Å². The molecule has 134 valence electrons. The number of nitrogens with zero attached hydrogens (tertiary/aromatic N) is 1. The number of rotatable bonds is 7. The first-order valence-electron chi connectivity index (χ1n) is 7.55. The number of para-hydroxylation sites is 2. The van der Waals surface area contributed by atoms with Gasteiger partial charge in [0.25, 0.3) is 10.0 Å². The standard InChI is InChI=1S/C17H18ClNO5S/c1-2-22-17(24-14-8-4-3-5-9-14)19-25(20,21)16-11-7-6-10-15(16)23-13-12-18/h3-11H,2,12-13H2,1H3. The molecule has 0 saturated heterocycles. The van der Waals surface area contributed by atoms with Crippen LogP contribution >= 0.6 is 11.6 Å². The minimum atomic E-state index is -4.09. The topological polar surface area (TPSA) is 74.2 Å². The molecule has 0 fully saturated rings. The number of alkyl halides is 1. The van der Waals surface area contributed by atoms with E-state index in [2.05, 4.69) is 4.40 Å².